The fourth-order valence-corrected chi connectivity index (χ4v) is 2.36. The van der Waals surface area contributed by atoms with Gasteiger partial charge in [0.1, 0.15) is 12.1 Å². The van der Waals surface area contributed by atoms with Gasteiger partial charge >= 0.3 is 5.69 Å². The van der Waals surface area contributed by atoms with Gasteiger partial charge in [-0.25, -0.2) is 14.8 Å². The van der Waals surface area contributed by atoms with Crippen LogP contribution in [0.3, 0.4) is 0 Å². The number of fused-ring (bicyclic) bond motifs is 1. The van der Waals surface area contributed by atoms with E-state index in [0.29, 0.717) is 24.5 Å². The zero-order valence-electron chi connectivity index (χ0n) is 13.2. The van der Waals surface area contributed by atoms with Crippen LogP contribution in [0.5, 0.6) is 0 Å². The smallest absolute Gasteiger partial charge is 0.328 e. The van der Waals surface area contributed by atoms with E-state index in [1.807, 2.05) is 24.3 Å². The molecule has 2 N–H and O–H groups in total. The Morgan fingerprint density at radius 3 is 2.92 bits per heavy atom. The first-order valence-electron chi connectivity index (χ1n) is 7.44. The number of aromatic nitrogens is 4. The minimum absolute atomic E-state index is 0.240. The molecular formula is C16H17N5O3. The molecule has 0 unspecified atom stereocenters. The van der Waals surface area contributed by atoms with Gasteiger partial charge in [0.05, 0.1) is 24.2 Å². The molecule has 1 aromatic carbocycles. The van der Waals surface area contributed by atoms with Crippen molar-refractivity contribution in [1.29, 1.82) is 0 Å². The molecule has 3 aromatic rings. The molecule has 3 rings (SSSR count). The maximum Gasteiger partial charge on any atom is 0.328 e. The lowest BCUT2D eigenvalue weighted by molar-refractivity contribution is 0.185. The SMILES string of the molecule is COCCn1cc(CNc2ncnc3ccccc23)c(=O)[nH]c1=O. The van der Waals surface area contributed by atoms with Gasteiger partial charge in [-0.2, -0.15) is 0 Å². The van der Waals surface area contributed by atoms with E-state index < -0.39 is 11.2 Å². The summed E-state index contributed by atoms with van der Waals surface area (Å²) >= 11 is 0. The second-order valence-corrected chi connectivity index (χ2v) is 5.19. The summed E-state index contributed by atoms with van der Waals surface area (Å²) in [6.07, 6.45) is 3.00. The van der Waals surface area contributed by atoms with E-state index in [9.17, 15) is 9.59 Å². The number of nitrogens with zero attached hydrogens (tertiary/aromatic N) is 3. The third-order valence-corrected chi connectivity index (χ3v) is 3.61. The normalized spacial score (nSPS) is 10.9. The van der Waals surface area contributed by atoms with Crippen LogP contribution in [0.15, 0.2) is 46.4 Å². The van der Waals surface area contributed by atoms with E-state index in [2.05, 4.69) is 20.3 Å². The first-order chi connectivity index (χ1) is 11.7. The molecule has 0 spiro atoms. The molecule has 0 fully saturated rings. The summed E-state index contributed by atoms with van der Waals surface area (Å²) in [4.78, 5) is 34.5. The van der Waals surface area contributed by atoms with Gasteiger partial charge in [0, 0.05) is 25.2 Å². The minimum Gasteiger partial charge on any atom is -0.383 e. The highest BCUT2D eigenvalue weighted by molar-refractivity contribution is 5.88. The van der Waals surface area contributed by atoms with Crippen LogP contribution >= 0.6 is 0 Å². The number of benzene rings is 1. The lowest BCUT2D eigenvalue weighted by Crippen LogP contribution is -2.33. The molecule has 0 aliphatic heterocycles. The van der Waals surface area contributed by atoms with Crippen molar-refractivity contribution in [3.05, 3.63) is 63.2 Å². The number of rotatable bonds is 6. The second-order valence-electron chi connectivity index (χ2n) is 5.19. The van der Waals surface area contributed by atoms with Crippen molar-refractivity contribution in [2.45, 2.75) is 13.1 Å². The highest BCUT2D eigenvalue weighted by atomic mass is 16.5. The zero-order valence-corrected chi connectivity index (χ0v) is 13.2. The molecule has 0 radical (unpaired) electrons. The van der Waals surface area contributed by atoms with Crippen LogP contribution in [0, 0.1) is 0 Å². The number of para-hydroxylation sites is 1. The van der Waals surface area contributed by atoms with E-state index in [1.165, 1.54) is 17.1 Å². The van der Waals surface area contributed by atoms with Gasteiger partial charge in [-0.05, 0) is 12.1 Å². The van der Waals surface area contributed by atoms with Crippen LogP contribution in [0.25, 0.3) is 10.9 Å². The maximum atomic E-state index is 12.0. The van der Waals surface area contributed by atoms with Crippen LogP contribution in [0.4, 0.5) is 5.82 Å². The summed E-state index contributed by atoms with van der Waals surface area (Å²) < 4.78 is 6.38. The summed E-state index contributed by atoms with van der Waals surface area (Å²) in [5.41, 5.74) is 0.384. The summed E-state index contributed by atoms with van der Waals surface area (Å²) in [5.74, 6) is 0.634. The fourth-order valence-electron chi connectivity index (χ4n) is 2.36. The second kappa shape index (κ2) is 7.05. The molecule has 0 saturated heterocycles. The van der Waals surface area contributed by atoms with Gasteiger partial charge in [-0.3, -0.25) is 14.3 Å². The summed E-state index contributed by atoms with van der Waals surface area (Å²) in [6, 6.07) is 7.59. The summed E-state index contributed by atoms with van der Waals surface area (Å²) in [6.45, 7) is 0.995. The largest absolute Gasteiger partial charge is 0.383 e. The number of hydrogen-bond donors (Lipinski definition) is 2. The fraction of sp³-hybridized carbons (Fsp3) is 0.250. The highest BCUT2D eigenvalue weighted by Gasteiger charge is 2.07. The molecule has 124 valence electrons. The number of hydrogen-bond acceptors (Lipinski definition) is 6. The number of H-pyrrole nitrogens is 1. The molecule has 2 aromatic heterocycles. The predicted octanol–water partition coefficient (Wildman–Crippen LogP) is 0.738. The molecule has 8 nitrogen and oxygen atoms in total. The van der Waals surface area contributed by atoms with E-state index in [0.717, 1.165) is 10.9 Å². The third kappa shape index (κ3) is 3.33. The Morgan fingerprint density at radius 2 is 2.08 bits per heavy atom. The number of ether oxygens (including phenoxy) is 1. The summed E-state index contributed by atoms with van der Waals surface area (Å²) in [5, 5.41) is 3.99. The molecule has 0 atom stereocenters. The molecule has 0 saturated carbocycles. The molecule has 0 bridgehead atoms. The first-order valence-corrected chi connectivity index (χ1v) is 7.44. The summed E-state index contributed by atoms with van der Waals surface area (Å²) in [7, 11) is 1.55. The van der Waals surface area contributed by atoms with Crippen molar-refractivity contribution >= 4 is 16.7 Å². The molecule has 2 heterocycles. The van der Waals surface area contributed by atoms with Crippen molar-refractivity contribution in [2.24, 2.45) is 0 Å². The van der Waals surface area contributed by atoms with Crippen molar-refractivity contribution in [3.8, 4) is 0 Å². The zero-order chi connectivity index (χ0) is 16.9. The quantitative estimate of drug-likeness (QED) is 0.692. The van der Waals surface area contributed by atoms with E-state index in [-0.39, 0.29) is 6.54 Å². The number of anilines is 1. The Morgan fingerprint density at radius 1 is 1.25 bits per heavy atom. The van der Waals surface area contributed by atoms with E-state index in [1.54, 1.807) is 7.11 Å². The minimum atomic E-state index is -0.451. The van der Waals surface area contributed by atoms with Crippen molar-refractivity contribution in [1.82, 2.24) is 19.5 Å². The van der Waals surface area contributed by atoms with E-state index in [4.69, 9.17) is 4.74 Å². The monoisotopic (exact) mass is 327 g/mol. The standard InChI is InChI=1S/C16H17N5O3/c1-24-7-6-21-9-11(15(22)20-16(21)23)8-17-14-12-4-2-3-5-13(12)18-10-19-14/h2-5,9-10H,6-8H2,1H3,(H,17,18,19)(H,20,22,23). The van der Waals surface area contributed by atoms with Gasteiger partial charge in [-0.15, -0.1) is 0 Å². The number of methoxy groups -OCH3 is 1. The number of aromatic amines is 1. The third-order valence-electron chi connectivity index (χ3n) is 3.61. The molecule has 0 amide bonds. The Balaban J connectivity index is 1.86. The van der Waals surface area contributed by atoms with Gasteiger partial charge in [0.25, 0.3) is 5.56 Å². The topological polar surface area (TPSA) is 102 Å². The van der Waals surface area contributed by atoms with Gasteiger partial charge in [0.2, 0.25) is 0 Å². The van der Waals surface area contributed by atoms with E-state index >= 15 is 0 Å². The number of nitrogens with one attached hydrogen (secondary N) is 2. The lowest BCUT2D eigenvalue weighted by atomic mass is 10.2. The molecule has 8 heteroatoms. The van der Waals surface area contributed by atoms with Crippen LogP contribution in [-0.4, -0.2) is 33.2 Å². The first kappa shape index (κ1) is 15.9. The average molecular weight is 327 g/mol. The van der Waals surface area contributed by atoms with Crippen molar-refractivity contribution in [2.75, 3.05) is 19.0 Å². The Kier molecular flexibility index (Phi) is 4.66. The van der Waals surface area contributed by atoms with Crippen LogP contribution in [0.2, 0.25) is 0 Å². The molecule has 0 aliphatic rings. The lowest BCUT2D eigenvalue weighted by Gasteiger charge is -2.10. The van der Waals surface area contributed by atoms with Gasteiger partial charge in [-0.1, -0.05) is 12.1 Å². The average Bonchev–Trinajstić information content (AvgIpc) is 2.60. The van der Waals surface area contributed by atoms with Crippen molar-refractivity contribution in [3.63, 3.8) is 0 Å². The Hall–Kier alpha value is -3.00. The molecule has 24 heavy (non-hydrogen) atoms. The van der Waals surface area contributed by atoms with Gasteiger partial charge in [0.15, 0.2) is 0 Å². The predicted molar refractivity (Wildman–Crippen MR) is 90.1 cm³/mol. The highest BCUT2D eigenvalue weighted by Crippen LogP contribution is 2.18. The van der Waals surface area contributed by atoms with Gasteiger partial charge < -0.3 is 10.1 Å². The Labute approximate surface area is 137 Å². The molecular weight excluding hydrogens is 310 g/mol. The van der Waals surface area contributed by atoms with Crippen LogP contribution < -0.4 is 16.6 Å². The van der Waals surface area contributed by atoms with Crippen LogP contribution in [0.1, 0.15) is 5.56 Å². The van der Waals surface area contributed by atoms with Crippen LogP contribution in [-0.2, 0) is 17.8 Å². The maximum absolute atomic E-state index is 12.0. The molecule has 0 aliphatic carbocycles. The van der Waals surface area contributed by atoms with Crippen molar-refractivity contribution < 1.29 is 4.74 Å². The Bertz CT molecular complexity index is 958.